The highest BCUT2D eigenvalue weighted by Gasteiger charge is 2.09. The molecule has 0 saturated heterocycles. The summed E-state index contributed by atoms with van der Waals surface area (Å²) in [7, 11) is 2.01. The first kappa shape index (κ1) is 20.3. The number of aryl methyl sites for hydroxylation is 1. The predicted octanol–water partition coefficient (Wildman–Crippen LogP) is 3.70. The van der Waals surface area contributed by atoms with E-state index in [0.717, 1.165) is 23.5 Å². The minimum atomic E-state index is 0.197. The number of nitrogens with one attached hydrogen (secondary N) is 1. The van der Waals surface area contributed by atoms with Gasteiger partial charge in [-0.05, 0) is 43.3 Å². The molecule has 2 aromatic carbocycles. The quantitative estimate of drug-likeness (QED) is 0.539. The van der Waals surface area contributed by atoms with E-state index in [9.17, 15) is 0 Å². The molecule has 0 bridgehead atoms. The average molecular weight is 390 g/mol. The second kappa shape index (κ2) is 9.66. The Morgan fingerprint density at radius 1 is 1.07 bits per heavy atom. The molecule has 0 saturated carbocycles. The van der Waals surface area contributed by atoms with Crippen LogP contribution in [0.15, 0.2) is 61.2 Å². The van der Waals surface area contributed by atoms with Crippen LogP contribution in [-0.2, 0) is 13.1 Å². The molecule has 0 spiro atoms. The summed E-state index contributed by atoms with van der Waals surface area (Å²) in [6, 6.07) is 15.9. The van der Waals surface area contributed by atoms with Gasteiger partial charge in [-0.3, -0.25) is 4.90 Å². The highest BCUT2D eigenvalue weighted by atomic mass is 16.5. The molecule has 0 radical (unpaired) electrons. The minimum Gasteiger partial charge on any atom is -0.490 e. The summed E-state index contributed by atoms with van der Waals surface area (Å²) in [6.45, 7) is 7.46. The van der Waals surface area contributed by atoms with E-state index in [1.165, 1.54) is 5.56 Å². The molecule has 0 atom stereocenters. The van der Waals surface area contributed by atoms with Gasteiger partial charge in [-0.15, -0.1) is 0 Å². The van der Waals surface area contributed by atoms with Crippen molar-refractivity contribution in [3.63, 3.8) is 0 Å². The summed E-state index contributed by atoms with van der Waals surface area (Å²) in [6.07, 6.45) is 1.73. The summed E-state index contributed by atoms with van der Waals surface area (Å²) < 4.78 is 5.51. The lowest BCUT2D eigenvalue weighted by Gasteiger charge is -2.17. The van der Waals surface area contributed by atoms with Crippen molar-refractivity contribution in [3.05, 3.63) is 78.1 Å². The van der Waals surface area contributed by atoms with Crippen LogP contribution in [0.3, 0.4) is 0 Å². The van der Waals surface area contributed by atoms with Crippen LogP contribution in [0.25, 0.3) is 0 Å². The first-order chi connectivity index (χ1) is 14.0. The summed E-state index contributed by atoms with van der Waals surface area (Å²) in [5, 5.41) is 3.22. The first-order valence-corrected chi connectivity index (χ1v) is 9.38. The van der Waals surface area contributed by atoms with E-state index in [-0.39, 0.29) is 5.95 Å². The van der Waals surface area contributed by atoms with Crippen LogP contribution in [0.2, 0.25) is 0 Å². The van der Waals surface area contributed by atoms with Crippen LogP contribution in [0, 0.1) is 6.92 Å². The number of anilines is 3. The maximum Gasteiger partial charge on any atom is 0.232 e. The van der Waals surface area contributed by atoms with E-state index in [1.807, 2.05) is 62.5 Å². The SMILES string of the molecule is C=CCOc1ccc(CN(C)Cc2nc(N)nc(Nc3ccccc3C)n2)cc1. The van der Waals surface area contributed by atoms with Gasteiger partial charge in [-0.2, -0.15) is 15.0 Å². The van der Waals surface area contributed by atoms with Gasteiger partial charge >= 0.3 is 0 Å². The third-order valence-corrected chi connectivity index (χ3v) is 4.25. The Bertz CT molecular complexity index is 958. The summed E-state index contributed by atoms with van der Waals surface area (Å²) >= 11 is 0. The Morgan fingerprint density at radius 3 is 2.55 bits per heavy atom. The number of benzene rings is 2. The number of nitrogens with zero attached hydrogens (tertiary/aromatic N) is 4. The number of nitrogen functional groups attached to an aromatic ring is 1. The van der Waals surface area contributed by atoms with Crippen molar-refractivity contribution in [2.24, 2.45) is 0 Å². The van der Waals surface area contributed by atoms with E-state index < -0.39 is 0 Å². The molecule has 7 nitrogen and oxygen atoms in total. The fraction of sp³-hybridized carbons (Fsp3) is 0.227. The summed E-state index contributed by atoms with van der Waals surface area (Å²) in [4.78, 5) is 15.1. The van der Waals surface area contributed by atoms with Crippen molar-refractivity contribution in [1.29, 1.82) is 0 Å². The fourth-order valence-electron chi connectivity index (χ4n) is 2.85. The second-order valence-electron chi connectivity index (χ2n) is 6.79. The average Bonchev–Trinajstić information content (AvgIpc) is 2.69. The zero-order valence-corrected chi connectivity index (χ0v) is 16.8. The van der Waals surface area contributed by atoms with Gasteiger partial charge in [0.2, 0.25) is 11.9 Å². The van der Waals surface area contributed by atoms with Crippen molar-refractivity contribution in [3.8, 4) is 5.75 Å². The van der Waals surface area contributed by atoms with Crippen molar-refractivity contribution in [2.75, 3.05) is 24.7 Å². The number of ether oxygens (including phenoxy) is 1. The van der Waals surface area contributed by atoms with Gasteiger partial charge in [0, 0.05) is 12.2 Å². The normalized spacial score (nSPS) is 10.7. The van der Waals surface area contributed by atoms with Gasteiger partial charge in [-0.25, -0.2) is 0 Å². The molecular formula is C22H26N6O. The lowest BCUT2D eigenvalue weighted by molar-refractivity contribution is 0.310. The third-order valence-electron chi connectivity index (χ3n) is 4.25. The number of hydrogen-bond donors (Lipinski definition) is 2. The molecule has 0 aliphatic carbocycles. The van der Waals surface area contributed by atoms with Gasteiger partial charge in [0.25, 0.3) is 0 Å². The molecule has 0 aliphatic heterocycles. The van der Waals surface area contributed by atoms with Crippen LogP contribution in [0.1, 0.15) is 17.0 Å². The van der Waals surface area contributed by atoms with E-state index in [2.05, 4.69) is 31.7 Å². The number of para-hydroxylation sites is 1. The molecule has 3 rings (SSSR count). The van der Waals surface area contributed by atoms with Gasteiger partial charge < -0.3 is 15.8 Å². The van der Waals surface area contributed by atoms with Gasteiger partial charge in [-0.1, -0.05) is 43.0 Å². The van der Waals surface area contributed by atoms with E-state index in [1.54, 1.807) is 6.08 Å². The Hall–Kier alpha value is -3.45. The van der Waals surface area contributed by atoms with E-state index in [0.29, 0.717) is 24.9 Å². The van der Waals surface area contributed by atoms with Gasteiger partial charge in [0.05, 0.1) is 6.54 Å². The Balaban J connectivity index is 1.64. The molecule has 1 heterocycles. The van der Waals surface area contributed by atoms with Crippen molar-refractivity contribution in [1.82, 2.24) is 19.9 Å². The molecule has 1 aromatic heterocycles. The van der Waals surface area contributed by atoms with Gasteiger partial charge in [0.15, 0.2) is 0 Å². The maximum atomic E-state index is 5.89. The molecule has 150 valence electrons. The Kier molecular flexibility index (Phi) is 6.76. The Labute approximate surface area is 171 Å². The minimum absolute atomic E-state index is 0.197. The van der Waals surface area contributed by atoms with Crippen LogP contribution in [0.5, 0.6) is 5.75 Å². The maximum absolute atomic E-state index is 5.89. The molecule has 3 aromatic rings. The predicted molar refractivity (Wildman–Crippen MR) is 116 cm³/mol. The molecule has 3 N–H and O–H groups in total. The van der Waals surface area contributed by atoms with Crippen LogP contribution in [0.4, 0.5) is 17.6 Å². The molecule has 0 aliphatic rings. The summed E-state index contributed by atoms with van der Waals surface area (Å²) in [5.74, 6) is 2.08. The van der Waals surface area contributed by atoms with Crippen LogP contribution >= 0.6 is 0 Å². The van der Waals surface area contributed by atoms with Crippen molar-refractivity contribution < 1.29 is 4.74 Å². The third kappa shape index (κ3) is 6.02. The number of hydrogen-bond acceptors (Lipinski definition) is 7. The molecule has 7 heteroatoms. The van der Waals surface area contributed by atoms with E-state index >= 15 is 0 Å². The lowest BCUT2D eigenvalue weighted by Crippen LogP contribution is -2.20. The van der Waals surface area contributed by atoms with Crippen LogP contribution < -0.4 is 15.8 Å². The molecule has 29 heavy (non-hydrogen) atoms. The highest BCUT2D eigenvalue weighted by molar-refractivity contribution is 5.58. The zero-order chi connectivity index (χ0) is 20.6. The lowest BCUT2D eigenvalue weighted by atomic mass is 10.2. The summed E-state index contributed by atoms with van der Waals surface area (Å²) in [5.41, 5.74) is 9.10. The highest BCUT2D eigenvalue weighted by Crippen LogP contribution is 2.18. The number of rotatable bonds is 9. The molecule has 0 unspecified atom stereocenters. The molecule has 0 fully saturated rings. The van der Waals surface area contributed by atoms with Crippen molar-refractivity contribution >= 4 is 17.6 Å². The topological polar surface area (TPSA) is 89.2 Å². The zero-order valence-electron chi connectivity index (χ0n) is 16.8. The van der Waals surface area contributed by atoms with E-state index in [4.69, 9.17) is 10.5 Å². The number of nitrogens with two attached hydrogens (primary N) is 1. The van der Waals surface area contributed by atoms with Gasteiger partial charge in [0.1, 0.15) is 18.2 Å². The smallest absolute Gasteiger partial charge is 0.232 e. The second-order valence-corrected chi connectivity index (χ2v) is 6.79. The largest absolute Gasteiger partial charge is 0.490 e. The first-order valence-electron chi connectivity index (χ1n) is 9.38. The number of aromatic nitrogens is 3. The van der Waals surface area contributed by atoms with Crippen molar-refractivity contribution in [2.45, 2.75) is 20.0 Å². The monoisotopic (exact) mass is 390 g/mol. The molecule has 0 amide bonds. The fourth-order valence-corrected chi connectivity index (χ4v) is 2.85. The van der Waals surface area contributed by atoms with Crippen LogP contribution in [-0.4, -0.2) is 33.5 Å². The standard InChI is InChI=1S/C22H26N6O/c1-4-13-29-18-11-9-17(10-12-18)14-28(3)15-20-25-21(23)27-22(26-20)24-19-8-6-5-7-16(19)2/h4-12H,1,13-15H2,2-3H3,(H3,23,24,25,26,27). The molecular weight excluding hydrogens is 364 g/mol. The Morgan fingerprint density at radius 2 is 1.83 bits per heavy atom.